The van der Waals surface area contributed by atoms with E-state index in [4.69, 9.17) is 4.74 Å². The smallest absolute Gasteiger partial charge is 0.100 e. The number of allylic oxidation sites excluding steroid dienone is 3. The predicted molar refractivity (Wildman–Crippen MR) is 35.2 cm³/mol. The third kappa shape index (κ3) is 3.22. The normalized spacial score (nSPS) is 10.4. The van der Waals surface area contributed by atoms with E-state index in [-0.39, 0.29) is 0 Å². The van der Waals surface area contributed by atoms with Crippen LogP contribution < -0.4 is 0 Å². The van der Waals surface area contributed by atoms with Crippen LogP contribution >= 0.6 is 0 Å². The molecule has 1 heteroatoms. The zero-order chi connectivity index (χ0) is 6.41. The summed E-state index contributed by atoms with van der Waals surface area (Å²) in [5.74, 6) is 0.801. The van der Waals surface area contributed by atoms with E-state index in [1.54, 1.807) is 12.2 Å². The van der Waals surface area contributed by atoms with E-state index in [2.05, 4.69) is 13.2 Å². The molecular formula is C7H10O. The van der Waals surface area contributed by atoms with E-state index in [0.717, 1.165) is 5.76 Å². The highest BCUT2D eigenvalue weighted by Crippen LogP contribution is 1.93. The molecule has 0 aromatic heterocycles. The molecule has 0 aliphatic carbocycles. The predicted octanol–water partition coefficient (Wildman–Crippen LogP) is 2.24. The van der Waals surface area contributed by atoms with E-state index in [0.29, 0.717) is 0 Å². The van der Waals surface area contributed by atoms with Gasteiger partial charge < -0.3 is 4.74 Å². The first-order chi connectivity index (χ1) is 3.81. The second-order valence-electron chi connectivity index (χ2n) is 1.30. The molecule has 0 heterocycles. The average molecular weight is 110 g/mol. The van der Waals surface area contributed by atoms with Gasteiger partial charge in [-0.1, -0.05) is 19.2 Å². The van der Waals surface area contributed by atoms with Gasteiger partial charge in [-0.25, -0.2) is 0 Å². The minimum atomic E-state index is 0.801. The van der Waals surface area contributed by atoms with E-state index in [9.17, 15) is 0 Å². The van der Waals surface area contributed by atoms with Crippen molar-refractivity contribution in [3.63, 3.8) is 0 Å². The molecule has 1 nitrogen and oxygen atoms in total. The maximum atomic E-state index is 4.84. The topological polar surface area (TPSA) is 9.23 Å². The molecular weight excluding hydrogens is 100 g/mol. The monoisotopic (exact) mass is 110 g/mol. The summed E-state index contributed by atoms with van der Waals surface area (Å²) in [4.78, 5) is 0. The molecule has 0 aliphatic rings. The second kappa shape index (κ2) is 4.19. The lowest BCUT2D eigenvalue weighted by Gasteiger charge is -1.93. The van der Waals surface area contributed by atoms with Gasteiger partial charge in [0.2, 0.25) is 0 Å². The van der Waals surface area contributed by atoms with Crippen LogP contribution in [0, 0.1) is 0 Å². The summed E-state index contributed by atoms with van der Waals surface area (Å²) >= 11 is 0. The average Bonchev–Trinajstić information content (AvgIpc) is 1.68. The van der Waals surface area contributed by atoms with E-state index in [1.165, 1.54) is 6.26 Å². The Kier molecular flexibility index (Phi) is 3.67. The lowest BCUT2D eigenvalue weighted by Crippen LogP contribution is -1.73. The Hall–Kier alpha value is -0.980. The Bertz CT molecular complexity index is 112. The zero-order valence-corrected chi connectivity index (χ0v) is 5.05. The molecule has 44 valence electrons. The van der Waals surface area contributed by atoms with Crippen molar-refractivity contribution in [2.24, 2.45) is 0 Å². The van der Waals surface area contributed by atoms with Crippen molar-refractivity contribution >= 4 is 0 Å². The largest absolute Gasteiger partial charge is 0.470 e. The molecule has 0 saturated heterocycles. The molecule has 0 radical (unpaired) electrons. The lowest BCUT2D eigenvalue weighted by molar-refractivity contribution is 0.355. The van der Waals surface area contributed by atoms with Gasteiger partial charge in [0.15, 0.2) is 0 Å². The fourth-order valence-corrected chi connectivity index (χ4v) is 0.337. The second-order valence-corrected chi connectivity index (χ2v) is 1.30. The third-order valence-electron chi connectivity index (χ3n) is 0.622. The van der Waals surface area contributed by atoms with Crippen molar-refractivity contribution in [2.45, 2.75) is 6.92 Å². The maximum Gasteiger partial charge on any atom is 0.100 e. The fraction of sp³-hybridized carbons (Fsp3) is 0.143. The van der Waals surface area contributed by atoms with Crippen LogP contribution in [0.25, 0.3) is 0 Å². The van der Waals surface area contributed by atoms with Gasteiger partial charge in [-0.2, -0.15) is 0 Å². The van der Waals surface area contributed by atoms with Gasteiger partial charge in [0, 0.05) is 0 Å². The van der Waals surface area contributed by atoms with E-state index in [1.807, 2.05) is 6.92 Å². The van der Waals surface area contributed by atoms with Gasteiger partial charge in [0.1, 0.15) is 5.76 Å². The Morgan fingerprint density at radius 1 is 1.50 bits per heavy atom. The molecule has 0 bridgehead atoms. The molecule has 0 amide bonds. The standard InChI is InChI=1S/C7H10O/c1-4-6-7(3)8-5-2/h4-6H,1-2H2,3H3. The molecule has 0 aliphatic heterocycles. The van der Waals surface area contributed by atoms with Crippen molar-refractivity contribution in [1.29, 1.82) is 0 Å². The summed E-state index contributed by atoms with van der Waals surface area (Å²) in [6, 6.07) is 0. The molecule has 0 spiro atoms. The van der Waals surface area contributed by atoms with Gasteiger partial charge >= 0.3 is 0 Å². The first kappa shape index (κ1) is 7.02. The Morgan fingerprint density at radius 3 is 2.50 bits per heavy atom. The summed E-state index contributed by atoms with van der Waals surface area (Å²) in [5, 5.41) is 0. The van der Waals surface area contributed by atoms with Crippen LogP contribution in [0.15, 0.2) is 37.3 Å². The molecule has 0 fully saturated rings. The summed E-state index contributed by atoms with van der Waals surface area (Å²) in [5.41, 5.74) is 0. The first-order valence-electron chi connectivity index (χ1n) is 2.38. The Morgan fingerprint density at radius 2 is 2.12 bits per heavy atom. The molecule has 0 aromatic carbocycles. The van der Waals surface area contributed by atoms with Crippen molar-refractivity contribution in [3.8, 4) is 0 Å². The summed E-state index contributed by atoms with van der Waals surface area (Å²) in [6.45, 7) is 8.71. The van der Waals surface area contributed by atoms with Crippen LogP contribution in [0.2, 0.25) is 0 Å². The summed E-state index contributed by atoms with van der Waals surface area (Å²) in [6.07, 6.45) is 4.82. The Labute approximate surface area is 50.0 Å². The maximum absolute atomic E-state index is 4.84. The van der Waals surface area contributed by atoms with E-state index >= 15 is 0 Å². The SMILES string of the molecule is C=CC=C(C)OC=C. The number of rotatable bonds is 3. The summed E-state index contributed by atoms with van der Waals surface area (Å²) < 4.78 is 4.84. The molecule has 0 saturated carbocycles. The van der Waals surface area contributed by atoms with Crippen molar-refractivity contribution in [1.82, 2.24) is 0 Å². The summed E-state index contributed by atoms with van der Waals surface area (Å²) in [7, 11) is 0. The minimum absolute atomic E-state index is 0.801. The van der Waals surface area contributed by atoms with Crippen LogP contribution in [0.5, 0.6) is 0 Å². The van der Waals surface area contributed by atoms with Crippen LogP contribution in [0.1, 0.15) is 6.92 Å². The van der Waals surface area contributed by atoms with Gasteiger partial charge in [-0.3, -0.25) is 0 Å². The molecule has 0 N–H and O–H groups in total. The number of hydrogen-bond acceptors (Lipinski definition) is 1. The van der Waals surface area contributed by atoms with Gasteiger partial charge in [-0.05, 0) is 13.0 Å². The highest BCUT2D eigenvalue weighted by molar-refractivity contribution is 5.02. The zero-order valence-electron chi connectivity index (χ0n) is 5.05. The van der Waals surface area contributed by atoms with Crippen molar-refractivity contribution < 1.29 is 4.74 Å². The number of ether oxygens (including phenoxy) is 1. The highest BCUT2D eigenvalue weighted by atomic mass is 16.5. The van der Waals surface area contributed by atoms with Crippen LogP contribution in [-0.2, 0) is 4.74 Å². The molecule has 0 atom stereocenters. The molecule has 0 unspecified atom stereocenters. The first-order valence-corrected chi connectivity index (χ1v) is 2.38. The van der Waals surface area contributed by atoms with Gasteiger partial charge in [-0.15, -0.1) is 0 Å². The Balaban J connectivity index is 3.60. The van der Waals surface area contributed by atoms with E-state index < -0.39 is 0 Å². The van der Waals surface area contributed by atoms with Crippen LogP contribution in [0.4, 0.5) is 0 Å². The fourth-order valence-electron chi connectivity index (χ4n) is 0.337. The minimum Gasteiger partial charge on any atom is -0.470 e. The van der Waals surface area contributed by atoms with Gasteiger partial charge in [0.25, 0.3) is 0 Å². The van der Waals surface area contributed by atoms with Crippen molar-refractivity contribution in [2.75, 3.05) is 0 Å². The number of hydrogen-bond donors (Lipinski definition) is 0. The molecule has 8 heavy (non-hydrogen) atoms. The van der Waals surface area contributed by atoms with Gasteiger partial charge in [0.05, 0.1) is 6.26 Å². The van der Waals surface area contributed by atoms with Crippen molar-refractivity contribution in [3.05, 3.63) is 37.3 Å². The van der Waals surface area contributed by atoms with Crippen LogP contribution in [0.3, 0.4) is 0 Å². The molecule has 0 aromatic rings. The third-order valence-corrected chi connectivity index (χ3v) is 0.622. The van der Waals surface area contributed by atoms with Crippen LogP contribution in [-0.4, -0.2) is 0 Å². The lowest BCUT2D eigenvalue weighted by atomic mass is 10.5. The quantitative estimate of drug-likeness (QED) is 0.400. The highest BCUT2D eigenvalue weighted by Gasteiger charge is 1.76. The molecule has 0 rings (SSSR count).